The van der Waals surface area contributed by atoms with Gasteiger partial charge in [-0.25, -0.2) is 0 Å². The lowest BCUT2D eigenvalue weighted by Crippen LogP contribution is -2.37. The van der Waals surface area contributed by atoms with Gasteiger partial charge in [0.1, 0.15) is 0 Å². The van der Waals surface area contributed by atoms with Gasteiger partial charge in [0, 0.05) is 6.20 Å². The monoisotopic (exact) mass is 297 g/mol. The molecule has 0 radical (unpaired) electrons. The Hall–Kier alpha value is -2.69. The number of carbonyl (C=O) groups is 2. The van der Waals surface area contributed by atoms with Crippen molar-refractivity contribution < 1.29 is 9.59 Å². The number of pyridine rings is 1. The molecule has 0 saturated carbocycles. The van der Waals surface area contributed by atoms with Crippen LogP contribution in [0.3, 0.4) is 0 Å². The van der Waals surface area contributed by atoms with E-state index in [9.17, 15) is 9.59 Å². The van der Waals surface area contributed by atoms with Crippen LogP contribution in [0.4, 0.5) is 0 Å². The van der Waals surface area contributed by atoms with Crippen molar-refractivity contribution in [3.63, 3.8) is 0 Å². The fraction of sp³-hybridized carbons (Fsp3) is 0.235. The zero-order valence-electron chi connectivity index (χ0n) is 12.5. The first-order valence-electron chi connectivity index (χ1n) is 7.12. The first-order valence-corrected chi connectivity index (χ1v) is 7.12. The largest absolute Gasteiger partial charge is 0.349 e. The second-order valence-corrected chi connectivity index (χ2v) is 5.04. The maximum atomic E-state index is 11.8. The van der Waals surface area contributed by atoms with E-state index in [4.69, 9.17) is 0 Å². The topological polar surface area (TPSA) is 71.1 Å². The lowest BCUT2D eigenvalue weighted by atomic mass is 10.1. The lowest BCUT2D eigenvalue weighted by Gasteiger charge is -2.07. The van der Waals surface area contributed by atoms with Crippen molar-refractivity contribution in [1.82, 2.24) is 15.6 Å². The molecule has 0 saturated heterocycles. The number of nitrogens with one attached hydrogen (secondary N) is 2. The number of amides is 2. The summed E-state index contributed by atoms with van der Waals surface area (Å²) in [6.07, 6.45) is 1.94. The van der Waals surface area contributed by atoms with Crippen molar-refractivity contribution in [3.05, 3.63) is 65.5 Å². The van der Waals surface area contributed by atoms with Crippen molar-refractivity contribution >= 4 is 11.8 Å². The van der Waals surface area contributed by atoms with E-state index in [1.807, 2.05) is 49.4 Å². The quantitative estimate of drug-likeness (QED) is 0.846. The van der Waals surface area contributed by atoms with E-state index in [0.717, 1.165) is 16.8 Å². The normalized spacial score (nSPS) is 10.0. The number of benzene rings is 1. The first kappa shape index (κ1) is 15.7. The SMILES string of the molecule is Cc1ccc(CC(=O)NCC(=O)NCc2ccccn2)cc1. The third-order valence-corrected chi connectivity index (χ3v) is 3.12. The summed E-state index contributed by atoms with van der Waals surface area (Å²) in [7, 11) is 0. The zero-order valence-corrected chi connectivity index (χ0v) is 12.5. The molecule has 2 rings (SSSR count). The standard InChI is InChI=1S/C17H19N3O2/c1-13-5-7-14(8-6-13)10-16(21)20-12-17(22)19-11-15-4-2-3-9-18-15/h2-9H,10-12H2,1H3,(H,19,22)(H,20,21). The van der Waals surface area contributed by atoms with Crippen LogP contribution in [-0.2, 0) is 22.6 Å². The number of carbonyl (C=O) groups excluding carboxylic acids is 2. The molecule has 0 atom stereocenters. The maximum absolute atomic E-state index is 11.8. The molecule has 114 valence electrons. The average Bonchev–Trinajstić information content (AvgIpc) is 2.54. The minimum Gasteiger partial charge on any atom is -0.349 e. The summed E-state index contributed by atoms with van der Waals surface area (Å²) in [5.74, 6) is -0.403. The molecular weight excluding hydrogens is 278 g/mol. The molecule has 1 heterocycles. The van der Waals surface area contributed by atoms with E-state index < -0.39 is 0 Å². The Kier molecular flexibility index (Phi) is 5.65. The van der Waals surface area contributed by atoms with Gasteiger partial charge in [0.05, 0.1) is 25.2 Å². The second kappa shape index (κ2) is 7.93. The molecule has 5 nitrogen and oxygen atoms in total. The molecule has 5 heteroatoms. The third-order valence-electron chi connectivity index (χ3n) is 3.12. The predicted octanol–water partition coefficient (Wildman–Crippen LogP) is 1.37. The van der Waals surface area contributed by atoms with Gasteiger partial charge in [-0.2, -0.15) is 0 Å². The molecule has 2 N–H and O–H groups in total. The van der Waals surface area contributed by atoms with Crippen molar-refractivity contribution in [2.75, 3.05) is 6.54 Å². The molecule has 2 aromatic rings. The number of hydrogen-bond donors (Lipinski definition) is 2. The smallest absolute Gasteiger partial charge is 0.239 e. The van der Waals surface area contributed by atoms with Crippen LogP contribution >= 0.6 is 0 Å². The summed E-state index contributed by atoms with van der Waals surface area (Å²) in [4.78, 5) is 27.5. The van der Waals surface area contributed by atoms with Crippen LogP contribution in [0.5, 0.6) is 0 Å². The molecule has 0 bridgehead atoms. The molecule has 0 aliphatic carbocycles. The van der Waals surface area contributed by atoms with Gasteiger partial charge in [0.15, 0.2) is 0 Å². The summed E-state index contributed by atoms with van der Waals surface area (Å²) >= 11 is 0. The number of aryl methyl sites for hydroxylation is 1. The van der Waals surface area contributed by atoms with Gasteiger partial charge >= 0.3 is 0 Å². The Morgan fingerprint density at radius 3 is 2.45 bits per heavy atom. The van der Waals surface area contributed by atoms with Gasteiger partial charge in [0.2, 0.25) is 11.8 Å². The molecule has 2 amide bonds. The highest BCUT2D eigenvalue weighted by atomic mass is 16.2. The van der Waals surface area contributed by atoms with Crippen LogP contribution in [0.15, 0.2) is 48.7 Å². The van der Waals surface area contributed by atoms with Crippen LogP contribution in [0.1, 0.15) is 16.8 Å². The number of aromatic nitrogens is 1. The first-order chi connectivity index (χ1) is 10.6. The van der Waals surface area contributed by atoms with Crippen molar-refractivity contribution in [2.24, 2.45) is 0 Å². The number of nitrogens with zero attached hydrogens (tertiary/aromatic N) is 1. The summed E-state index contributed by atoms with van der Waals surface area (Å²) in [6, 6.07) is 13.3. The minimum absolute atomic E-state index is 0.0302. The van der Waals surface area contributed by atoms with Crippen LogP contribution in [0.25, 0.3) is 0 Å². The van der Waals surface area contributed by atoms with E-state index in [1.165, 1.54) is 0 Å². The predicted molar refractivity (Wildman–Crippen MR) is 84.0 cm³/mol. The summed E-state index contributed by atoms with van der Waals surface area (Å²) < 4.78 is 0. The molecule has 1 aromatic heterocycles. The molecule has 0 aliphatic heterocycles. The summed E-state index contributed by atoms with van der Waals surface area (Å²) in [6.45, 7) is 2.32. The van der Waals surface area contributed by atoms with Gasteiger partial charge in [-0.3, -0.25) is 14.6 Å². The van der Waals surface area contributed by atoms with E-state index in [0.29, 0.717) is 6.54 Å². The fourth-order valence-electron chi connectivity index (χ4n) is 1.89. The zero-order chi connectivity index (χ0) is 15.8. The highest BCUT2D eigenvalue weighted by Gasteiger charge is 2.06. The maximum Gasteiger partial charge on any atom is 0.239 e. The molecule has 0 fully saturated rings. The van der Waals surface area contributed by atoms with Gasteiger partial charge < -0.3 is 10.6 Å². The lowest BCUT2D eigenvalue weighted by molar-refractivity contribution is -0.125. The number of hydrogen-bond acceptors (Lipinski definition) is 3. The summed E-state index contributed by atoms with van der Waals surface area (Å²) in [5.41, 5.74) is 2.86. The van der Waals surface area contributed by atoms with Crippen LogP contribution in [0, 0.1) is 6.92 Å². The molecular formula is C17H19N3O2. The summed E-state index contributed by atoms with van der Waals surface area (Å²) in [5, 5.41) is 5.32. The third kappa shape index (κ3) is 5.36. The highest BCUT2D eigenvalue weighted by Crippen LogP contribution is 2.03. The minimum atomic E-state index is -0.233. The second-order valence-electron chi connectivity index (χ2n) is 5.04. The Morgan fingerprint density at radius 2 is 1.77 bits per heavy atom. The van der Waals surface area contributed by atoms with Crippen molar-refractivity contribution in [2.45, 2.75) is 19.9 Å². The van der Waals surface area contributed by atoms with E-state index >= 15 is 0 Å². The van der Waals surface area contributed by atoms with E-state index in [-0.39, 0.29) is 24.8 Å². The van der Waals surface area contributed by atoms with Gasteiger partial charge in [-0.15, -0.1) is 0 Å². The van der Waals surface area contributed by atoms with Crippen LogP contribution in [0.2, 0.25) is 0 Å². The van der Waals surface area contributed by atoms with E-state index in [1.54, 1.807) is 6.20 Å². The van der Waals surface area contributed by atoms with E-state index in [2.05, 4.69) is 15.6 Å². The fourth-order valence-corrected chi connectivity index (χ4v) is 1.89. The van der Waals surface area contributed by atoms with Crippen LogP contribution < -0.4 is 10.6 Å². The Balaban J connectivity index is 1.69. The Morgan fingerprint density at radius 1 is 1.00 bits per heavy atom. The Bertz CT molecular complexity index is 624. The molecule has 1 aromatic carbocycles. The highest BCUT2D eigenvalue weighted by molar-refractivity contribution is 5.85. The van der Waals surface area contributed by atoms with Gasteiger partial charge in [-0.05, 0) is 24.6 Å². The molecule has 0 unspecified atom stereocenters. The molecule has 0 aliphatic rings. The van der Waals surface area contributed by atoms with Crippen molar-refractivity contribution in [1.29, 1.82) is 0 Å². The molecule has 22 heavy (non-hydrogen) atoms. The van der Waals surface area contributed by atoms with Crippen LogP contribution in [-0.4, -0.2) is 23.3 Å². The number of rotatable bonds is 6. The van der Waals surface area contributed by atoms with Crippen molar-refractivity contribution in [3.8, 4) is 0 Å². The molecule has 0 spiro atoms. The Labute approximate surface area is 129 Å². The average molecular weight is 297 g/mol. The van der Waals surface area contributed by atoms with Gasteiger partial charge in [-0.1, -0.05) is 35.9 Å². The van der Waals surface area contributed by atoms with Gasteiger partial charge in [0.25, 0.3) is 0 Å².